The minimum atomic E-state index is -0.778. The van der Waals surface area contributed by atoms with Gasteiger partial charge in [-0.15, -0.1) is 0 Å². The highest BCUT2D eigenvalue weighted by atomic mass is 16.4. The molecule has 154 valence electrons. The highest BCUT2D eigenvalue weighted by molar-refractivity contribution is 5.76. The van der Waals surface area contributed by atoms with Crippen LogP contribution in [0.1, 0.15) is 49.1 Å². The Bertz CT molecular complexity index is 810. The number of anilines is 1. The summed E-state index contributed by atoms with van der Waals surface area (Å²) in [5, 5.41) is 12.2. The third-order valence-electron chi connectivity index (χ3n) is 5.42. The van der Waals surface area contributed by atoms with Gasteiger partial charge in [0.25, 0.3) is 0 Å². The number of pyridine rings is 1. The summed E-state index contributed by atoms with van der Waals surface area (Å²) in [6.45, 7) is 2.24. The van der Waals surface area contributed by atoms with Crippen LogP contribution in [0.5, 0.6) is 0 Å². The lowest BCUT2D eigenvalue weighted by atomic mass is 9.86. The number of aryl methyl sites for hydroxylation is 1. The highest BCUT2D eigenvalue weighted by Crippen LogP contribution is 2.30. The number of carbonyl (C=O) groups excluding carboxylic acids is 1. The van der Waals surface area contributed by atoms with E-state index >= 15 is 0 Å². The molecule has 0 bridgehead atoms. The van der Waals surface area contributed by atoms with Crippen molar-refractivity contribution in [1.29, 1.82) is 0 Å². The molecular weight excluding hydrogens is 366 g/mol. The first-order valence-electron chi connectivity index (χ1n) is 10.4. The standard InChI is InChI=1S/C23H29N3O3/c27-22(11-5-15-25-21-10-3-4-14-24-21)26-16-6-8-19(17-26)20-9-2-1-7-18(20)12-13-23(28)29/h1-4,7,9-10,14,19H,5-6,8,11-13,15-17H2,(H,24,25)(H,28,29). The Hall–Kier alpha value is -2.89. The van der Waals surface area contributed by atoms with Gasteiger partial charge in [-0.25, -0.2) is 4.98 Å². The molecule has 1 aromatic carbocycles. The number of nitrogens with one attached hydrogen (secondary N) is 1. The number of likely N-dealkylation sites (tertiary alicyclic amines) is 1. The molecule has 0 aliphatic carbocycles. The Morgan fingerprint density at radius 1 is 1.14 bits per heavy atom. The molecule has 1 fully saturated rings. The molecule has 6 heteroatoms. The third-order valence-corrected chi connectivity index (χ3v) is 5.42. The van der Waals surface area contributed by atoms with Crippen molar-refractivity contribution in [3.63, 3.8) is 0 Å². The van der Waals surface area contributed by atoms with E-state index in [2.05, 4.69) is 16.4 Å². The van der Waals surface area contributed by atoms with E-state index in [4.69, 9.17) is 5.11 Å². The molecule has 2 N–H and O–H groups in total. The fraction of sp³-hybridized carbons (Fsp3) is 0.435. The van der Waals surface area contributed by atoms with Gasteiger partial charge in [-0.2, -0.15) is 0 Å². The molecular formula is C23H29N3O3. The quantitative estimate of drug-likeness (QED) is 0.633. The third kappa shape index (κ3) is 6.31. The van der Waals surface area contributed by atoms with Crippen molar-refractivity contribution >= 4 is 17.7 Å². The van der Waals surface area contributed by atoms with Crippen LogP contribution in [0.3, 0.4) is 0 Å². The van der Waals surface area contributed by atoms with Gasteiger partial charge in [0.2, 0.25) is 5.91 Å². The van der Waals surface area contributed by atoms with Crippen LogP contribution in [0.25, 0.3) is 0 Å². The monoisotopic (exact) mass is 395 g/mol. The molecule has 1 saturated heterocycles. The maximum Gasteiger partial charge on any atom is 0.303 e. The first kappa shape index (κ1) is 20.8. The number of nitrogens with zero attached hydrogens (tertiary/aromatic N) is 2. The summed E-state index contributed by atoms with van der Waals surface area (Å²) in [4.78, 5) is 29.8. The Balaban J connectivity index is 1.51. The minimum absolute atomic E-state index is 0.135. The van der Waals surface area contributed by atoms with Crippen molar-refractivity contribution in [2.75, 3.05) is 25.0 Å². The summed E-state index contributed by atoms with van der Waals surface area (Å²) in [5.41, 5.74) is 2.29. The fourth-order valence-corrected chi connectivity index (χ4v) is 3.94. The number of hydrogen-bond donors (Lipinski definition) is 2. The topological polar surface area (TPSA) is 82.5 Å². The van der Waals surface area contributed by atoms with Crippen molar-refractivity contribution in [2.45, 2.75) is 44.4 Å². The van der Waals surface area contributed by atoms with Crippen LogP contribution < -0.4 is 5.32 Å². The molecule has 6 nitrogen and oxygen atoms in total. The van der Waals surface area contributed by atoms with Crippen LogP contribution in [-0.4, -0.2) is 46.5 Å². The van der Waals surface area contributed by atoms with Crippen LogP contribution in [0.2, 0.25) is 0 Å². The maximum atomic E-state index is 12.7. The van der Waals surface area contributed by atoms with Gasteiger partial charge >= 0.3 is 5.97 Å². The van der Waals surface area contributed by atoms with E-state index in [1.807, 2.05) is 41.3 Å². The Labute approximate surface area is 172 Å². The first-order valence-corrected chi connectivity index (χ1v) is 10.4. The zero-order valence-electron chi connectivity index (χ0n) is 16.7. The normalized spacial score (nSPS) is 16.4. The lowest BCUT2D eigenvalue weighted by Crippen LogP contribution is -2.39. The SMILES string of the molecule is O=C(O)CCc1ccccc1C1CCCN(C(=O)CCCNc2ccccn2)C1. The number of carbonyl (C=O) groups is 2. The van der Waals surface area contributed by atoms with E-state index in [0.29, 0.717) is 12.8 Å². The molecule has 1 unspecified atom stereocenters. The first-order chi connectivity index (χ1) is 14.1. The van der Waals surface area contributed by atoms with Gasteiger partial charge in [0.15, 0.2) is 0 Å². The number of piperidine rings is 1. The summed E-state index contributed by atoms with van der Waals surface area (Å²) in [5.74, 6) is 0.528. The number of aromatic nitrogens is 1. The van der Waals surface area contributed by atoms with Gasteiger partial charge in [0.1, 0.15) is 5.82 Å². The van der Waals surface area contributed by atoms with E-state index in [1.165, 1.54) is 5.56 Å². The number of amides is 1. The summed E-state index contributed by atoms with van der Waals surface area (Å²) in [6.07, 6.45) is 5.73. The smallest absolute Gasteiger partial charge is 0.303 e. The molecule has 1 aliphatic rings. The van der Waals surface area contributed by atoms with E-state index in [0.717, 1.165) is 50.3 Å². The molecule has 1 amide bonds. The predicted molar refractivity (Wildman–Crippen MR) is 113 cm³/mol. The van der Waals surface area contributed by atoms with E-state index in [-0.39, 0.29) is 18.2 Å². The molecule has 2 aromatic rings. The maximum absolute atomic E-state index is 12.7. The van der Waals surface area contributed by atoms with Crippen LogP contribution >= 0.6 is 0 Å². The second kappa shape index (κ2) is 10.6. The summed E-state index contributed by atoms with van der Waals surface area (Å²) >= 11 is 0. The number of aliphatic carboxylic acids is 1. The van der Waals surface area contributed by atoms with Crippen molar-refractivity contribution in [2.24, 2.45) is 0 Å². The Morgan fingerprint density at radius 3 is 2.76 bits per heavy atom. The van der Waals surface area contributed by atoms with Crippen molar-refractivity contribution in [1.82, 2.24) is 9.88 Å². The largest absolute Gasteiger partial charge is 0.481 e. The lowest BCUT2D eigenvalue weighted by molar-refractivity contribution is -0.137. The number of hydrogen-bond acceptors (Lipinski definition) is 4. The molecule has 1 aliphatic heterocycles. The van der Waals surface area contributed by atoms with Crippen LogP contribution in [-0.2, 0) is 16.0 Å². The van der Waals surface area contributed by atoms with Gasteiger partial charge in [-0.3, -0.25) is 9.59 Å². The zero-order chi connectivity index (χ0) is 20.5. The second-order valence-corrected chi connectivity index (χ2v) is 7.52. The van der Waals surface area contributed by atoms with E-state index in [9.17, 15) is 9.59 Å². The van der Waals surface area contributed by atoms with Gasteiger partial charge in [-0.05, 0) is 48.9 Å². The molecule has 0 saturated carbocycles. The minimum Gasteiger partial charge on any atom is -0.481 e. The molecule has 1 aromatic heterocycles. The Morgan fingerprint density at radius 2 is 1.97 bits per heavy atom. The average Bonchev–Trinajstić information content (AvgIpc) is 2.76. The number of carboxylic acid groups (broad SMARTS) is 1. The lowest BCUT2D eigenvalue weighted by Gasteiger charge is -2.34. The highest BCUT2D eigenvalue weighted by Gasteiger charge is 2.25. The van der Waals surface area contributed by atoms with Gasteiger partial charge in [0.05, 0.1) is 0 Å². The molecule has 0 radical (unpaired) electrons. The summed E-state index contributed by atoms with van der Waals surface area (Å²) in [7, 11) is 0. The van der Waals surface area contributed by atoms with Gasteiger partial charge in [0, 0.05) is 44.6 Å². The molecule has 3 rings (SSSR count). The molecule has 1 atom stereocenters. The number of benzene rings is 1. The fourth-order valence-electron chi connectivity index (χ4n) is 3.94. The summed E-state index contributed by atoms with van der Waals surface area (Å²) < 4.78 is 0. The van der Waals surface area contributed by atoms with Crippen molar-refractivity contribution in [3.8, 4) is 0 Å². The van der Waals surface area contributed by atoms with Crippen molar-refractivity contribution < 1.29 is 14.7 Å². The molecule has 2 heterocycles. The van der Waals surface area contributed by atoms with Crippen LogP contribution in [0.4, 0.5) is 5.82 Å². The zero-order valence-corrected chi connectivity index (χ0v) is 16.7. The van der Waals surface area contributed by atoms with Crippen molar-refractivity contribution in [3.05, 3.63) is 59.8 Å². The van der Waals surface area contributed by atoms with E-state index < -0.39 is 5.97 Å². The van der Waals surface area contributed by atoms with Crippen LogP contribution in [0.15, 0.2) is 48.7 Å². The summed E-state index contributed by atoms with van der Waals surface area (Å²) in [6, 6.07) is 13.8. The second-order valence-electron chi connectivity index (χ2n) is 7.52. The predicted octanol–water partition coefficient (Wildman–Crippen LogP) is 3.70. The molecule has 0 spiro atoms. The number of rotatable bonds is 9. The Kier molecular flexibility index (Phi) is 7.61. The average molecular weight is 396 g/mol. The van der Waals surface area contributed by atoms with Gasteiger partial charge < -0.3 is 15.3 Å². The molecule has 29 heavy (non-hydrogen) atoms. The number of carboxylic acids is 1. The van der Waals surface area contributed by atoms with Crippen LogP contribution in [0, 0.1) is 0 Å². The van der Waals surface area contributed by atoms with E-state index in [1.54, 1.807) is 6.20 Å². The van der Waals surface area contributed by atoms with Gasteiger partial charge in [-0.1, -0.05) is 30.3 Å².